The number of hydrogen-bond donors (Lipinski definition) is 1. The van der Waals surface area contributed by atoms with Crippen LogP contribution in [-0.2, 0) is 41.8 Å². The predicted octanol–water partition coefficient (Wildman–Crippen LogP) is 8.67. The second-order valence-corrected chi connectivity index (χ2v) is 17.1. The minimum absolute atomic E-state index is 0.0998. The minimum Gasteiger partial charge on any atom is -0.790 e. The first-order valence-corrected chi connectivity index (χ1v) is 24.3. The Bertz CT molecular complexity index is 1040. The second kappa shape index (κ2) is 37.2. The van der Waals surface area contributed by atoms with Crippen LogP contribution in [0.2, 0.25) is 0 Å². The summed E-state index contributed by atoms with van der Waals surface area (Å²) in [5.41, 5.74) is 0. The van der Waals surface area contributed by atoms with E-state index in [1.54, 1.807) is 0 Å². The van der Waals surface area contributed by atoms with Crippen LogP contribution < -0.4 is 14.7 Å². The van der Waals surface area contributed by atoms with E-state index in [4.69, 9.17) is 14.0 Å². The molecule has 3 atom stereocenters. The van der Waals surface area contributed by atoms with Crippen LogP contribution in [-0.4, -0.2) is 55.7 Å². The maximum atomic E-state index is 12.6. The molecule has 15 heteroatoms. The Morgan fingerprint density at radius 3 is 1.36 bits per heavy atom. The number of unbranched alkanes of at least 4 members (excludes halogenated alkanes) is 23. The number of allylic oxidation sites excluding steroid dienone is 2. The van der Waals surface area contributed by atoms with Gasteiger partial charge in [0.1, 0.15) is 12.7 Å². The molecule has 326 valence electrons. The third kappa shape index (κ3) is 40.8. The molecular formula is C40H75O13P2-3. The molecule has 13 nitrogen and oxygen atoms in total. The van der Waals surface area contributed by atoms with Crippen molar-refractivity contribution < 1.29 is 61.6 Å². The van der Waals surface area contributed by atoms with Gasteiger partial charge in [0, 0.05) is 12.8 Å². The van der Waals surface area contributed by atoms with E-state index in [0.717, 1.165) is 57.8 Å². The summed E-state index contributed by atoms with van der Waals surface area (Å²) in [6.45, 7) is 1.36. The Morgan fingerprint density at radius 2 is 0.909 bits per heavy atom. The van der Waals surface area contributed by atoms with Gasteiger partial charge in [-0.2, -0.15) is 0 Å². The SMILES string of the molecule is CCCCCCCC/C=C\CCCCCCCC(=O)O[C@H](COC(=O)CCCCCCCCCCCCCCC)COP(=O)([O-])OCC(O)COP(=O)([O-])[O-]. The fourth-order valence-corrected chi connectivity index (χ4v) is 6.99. The van der Waals surface area contributed by atoms with Crippen molar-refractivity contribution in [3.63, 3.8) is 0 Å². The summed E-state index contributed by atoms with van der Waals surface area (Å²) in [5, 5.41) is 9.65. The quantitative estimate of drug-likeness (QED) is 0.0266. The van der Waals surface area contributed by atoms with Crippen LogP contribution >= 0.6 is 15.6 Å². The maximum absolute atomic E-state index is 12.6. The van der Waals surface area contributed by atoms with Crippen LogP contribution in [0.1, 0.15) is 194 Å². The highest BCUT2D eigenvalue weighted by atomic mass is 31.2. The summed E-state index contributed by atoms with van der Waals surface area (Å²) in [7, 11) is -10.5. The topological polar surface area (TPSA) is 204 Å². The van der Waals surface area contributed by atoms with Crippen LogP contribution in [0.15, 0.2) is 12.2 Å². The minimum atomic E-state index is -5.37. The normalized spacial score (nSPS) is 14.2. The van der Waals surface area contributed by atoms with Gasteiger partial charge in [-0.05, 0) is 38.5 Å². The monoisotopic (exact) mass is 825 g/mol. The Kier molecular flexibility index (Phi) is 36.4. The number of rotatable bonds is 41. The van der Waals surface area contributed by atoms with Crippen LogP contribution in [0.4, 0.5) is 0 Å². The molecule has 0 saturated carbocycles. The Hall–Kier alpha value is -1.14. The molecule has 0 aromatic rings. The molecule has 1 N–H and O–H groups in total. The average Bonchev–Trinajstić information content (AvgIpc) is 3.14. The van der Waals surface area contributed by atoms with Crippen molar-refractivity contribution in [1.29, 1.82) is 0 Å². The van der Waals surface area contributed by atoms with Crippen molar-refractivity contribution >= 4 is 27.6 Å². The first kappa shape index (κ1) is 53.9. The zero-order valence-corrected chi connectivity index (χ0v) is 36.0. The van der Waals surface area contributed by atoms with Crippen LogP contribution in [0.5, 0.6) is 0 Å². The number of aliphatic hydroxyl groups is 1. The molecule has 0 aromatic carbocycles. The molecule has 0 spiro atoms. The summed E-state index contributed by atoms with van der Waals surface area (Å²) in [5.74, 6) is -1.09. The molecule has 0 aromatic heterocycles. The van der Waals surface area contributed by atoms with E-state index in [9.17, 15) is 38.5 Å². The van der Waals surface area contributed by atoms with Gasteiger partial charge in [-0.3, -0.25) is 14.2 Å². The van der Waals surface area contributed by atoms with Crippen molar-refractivity contribution in [1.82, 2.24) is 0 Å². The number of carbonyl (C=O) groups excluding carboxylic acids is 2. The average molecular weight is 826 g/mol. The molecule has 55 heavy (non-hydrogen) atoms. The summed E-state index contributed by atoms with van der Waals surface area (Å²) >= 11 is 0. The zero-order chi connectivity index (χ0) is 40.9. The van der Waals surface area contributed by atoms with Gasteiger partial charge in [0.05, 0.1) is 27.6 Å². The molecule has 2 unspecified atom stereocenters. The third-order valence-corrected chi connectivity index (χ3v) is 10.5. The lowest BCUT2D eigenvalue weighted by Crippen LogP contribution is -2.31. The van der Waals surface area contributed by atoms with Crippen molar-refractivity contribution in [2.75, 3.05) is 26.4 Å². The Morgan fingerprint density at radius 1 is 0.527 bits per heavy atom. The number of aliphatic hydroxyl groups excluding tert-OH is 1. The van der Waals surface area contributed by atoms with Gasteiger partial charge in [-0.25, -0.2) is 0 Å². The smallest absolute Gasteiger partial charge is 0.306 e. The number of carbonyl (C=O) groups is 2. The summed E-state index contributed by atoms with van der Waals surface area (Å²) in [6.07, 6.45) is 31.5. The third-order valence-electron chi connectivity index (χ3n) is 9.12. The number of esters is 2. The van der Waals surface area contributed by atoms with E-state index >= 15 is 0 Å². The van der Waals surface area contributed by atoms with Crippen molar-refractivity contribution in [3.8, 4) is 0 Å². The van der Waals surface area contributed by atoms with Crippen molar-refractivity contribution in [3.05, 3.63) is 12.2 Å². The lowest BCUT2D eigenvalue weighted by atomic mass is 10.0. The standard InChI is InChI=1S/C40H78O13P2/c1-3-5-7-9-11-13-15-17-18-20-22-24-26-28-30-32-40(43)53-38(36-52-55(47,48)51-34-37(41)33-50-54(44,45)46)35-49-39(42)31-29-27-25-23-21-19-16-14-12-10-8-6-4-2/h17-18,37-38,41H,3-16,19-36H2,1-2H3,(H,47,48)(H2,44,45,46)/p-3/b18-17-/t37?,38-/m1/s1. The molecule has 0 heterocycles. The lowest BCUT2D eigenvalue weighted by Gasteiger charge is -2.30. The highest BCUT2D eigenvalue weighted by Crippen LogP contribution is 2.38. The van der Waals surface area contributed by atoms with Crippen molar-refractivity contribution in [2.24, 2.45) is 0 Å². The molecule has 0 aliphatic carbocycles. The number of phosphoric ester groups is 2. The van der Waals surface area contributed by atoms with E-state index in [2.05, 4.69) is 35.0 Å². The lowest BCUT2D eigenvalue weighted by molar-refractivity contribution is -0.342. The maximum Gasteiger partial charge on any atom is 0.306 e. The fraction of sp³-hybridized carbons (Fsp3) is 0.900. The second-order valence-electron chi connectivity index (χ2n) is 14.6. The molecule has 0 aliphatic heterocycles. The molecule has 0 saturated heterocycles. The highest BCUT2D eigenvalue weighted by Gasteiger charge is 2.22. The zero-order valence-electron chi connectivity index (χ0n) is 34.2. The summed E-state index contributed by atoms with van der Waals surface area (Å²) in [6, 6.07) is 0. The first-order valence-electron chi connectivity index (χ1n) is 21.3. The van der Waals surface area contributed by atoms with Crippen LogP contribution in [0.3, 0.4) is 0 Å². The van der Waals surface area contributed by atoms with E-state index in [0.29, 0.717) is 12.8 Å². The molecular weight excluding hydrogens is 750 g/mol. The molecule has 0 bridgehead atoms. The molecule has 0 amide bonds. The molecule has 0 radical (unpaired) electrons. The molecule has 0 aliphatic rings. The van der Waals surface area contributed by atoms with E-state index in [-0.39, 0.29) is 12.8 Å². The van der Waals surface area contributed by atoms with Gasteiger partial charge >= 0.3 is 11.9 Å². The van der Waals surface area contributed by atoms with Gasteiger partial charge in [-0.15, -0.1) is 0 Å². The van der Waals surface area contributed by atoms with E-state index in [1.165, 1.54) is 96.3 Å². The molecule has 0 rings (SSSR count). The van der Waals surface area contributed by atoms with E-state index < -0.39 is 66.2 Å². The van der Waals surface area contributed by atoms with Gasteiger partial charge in [0.2, 0.25) is 0 Å². The predicted molar refractivity (Wildman–Crippen MR) is 210 cm³/mol. The number of ether oxygens (including phenoxy) is 2. The number of hydrogen-bond acceptors (Lipinski definition) is 13. The molecule has 0 fully saturated rings. The van der Waals surface area contributed by atoms with Crippen LogP contribution in [0, 0.1) is 0 Å². The van der Waals surface area contributed by atoms with E-state index in [1.807, 2.05) is 0 Å². The van der Waals surface area contributed by atoms with Gasteiger partial charge in [0.25, 0.3) is 7.82 Å². The fourth-order valence-electron chi connectivity index (χ4n) is 5.86. The van der Waals surface area contributed by atoms with Crippen molar-refractivity contribution in [2.45, 2.75) is 206 Å². The first-order chi connectivity index (χ1) is 26.4. The largest absolute Gasteiger partial charge is 0.790 e. The Labute approximate surface area is 332 Å². The van der Waals surface area contributed by atoms with Crippen LogP contribution in [0.25, 0.3) is 0 Å². The number of phosphoric acid groups is 2. The summed E-state index contributed by atoms with van der Waals surface area (Å²) < 4.78 is 46.7. The summed E-state index contributed by atoms with van der Waals surface area (Å²) in [4.78, 5) is 58.4. The van der Waals surface area contributed by atoms with Gasteiger partial charge < -0.3 is 47.4 Å². The van der Waals surface area contributed by atoms with Gasteiger partial charge in [-0.1, -0.05) is 154 Å². The Balaban J connectivity index is 4.52. The highest BCUT2D eigenvalue weighted by molar-refractivity contribution is 7.45. The van der Waals surface area contributed by atoms with Gasteiger partial charge in [0.15, 0.2) is 6.10 Å².